The molecule has 0 amide bonds. The maximum Gasteiger partial charge on any atom is 0.0786 e. The van der Waals surface area contributed by atoms with Gasteiger partial charge in [-0.3, -0.25) is 4.98 Å². The van der Waals surface area contributed by atoms with Crippen molar-refractivity contribution in [2.24, 2.45) is 0 Å². The van der Waals surface area contributed by atoms with Crippen molar-refractivity contribution in [3.63, 3.8) is 0 Å². The van der Waals surface area contributed by atoms with Gasteiger partial charge in [-0.25, -0.2) is 0 Å². The van der Waals surface area contributed by atoms with Gasteiger partial charge in [0.2, 0.25) is 0 Å². The molecule has 1 heteroatoms. The van der Waals surface area contributed by atoms with Gasteiger partial charge in [0.15, 0.2) is 0 Å². The standard InChI is InChI=1S/C19H12N/c1-2-7-14(8-3-1)17-11-6-12-18-16-10-5-4-9-15(16)13-20-19(17)18/h2-13H. The first kappa shape index (κ1) is 11.2. The molecule has 0 aliphatic heterocycles. The van der Waals surface area contributed by atoms with E-state index in [-0.39, 0.29) is 0 Å². The third kappa shape index (κ3) is 1.68. The summed E-state index contributed by atoms with van der Waals surface area (Å²) in [7, 11) is 0. The largest absolute Gasteiger partial charge is 0.255 e. The summed E-state index contributed by atoms with van der Waals surface area (Å²) in [5, 5.41) is 3.63. The van der Waals surface area contributed by atoms with Gasteiger partial charge < -0.3 is 0 Å². The minimum atomic E-state index is 1.05. The van der Waals surface area contributed by atoms with Crippen LogP contribution in [0.3, 0.4) is 0 Å². The van der Waals surface area contributed by atoms with E-state index in [4.69, 9.17) is 0 Å². The molecule has 93 valence electrons. The average Bonchev–Trinajstić information content (AvgIpc) is 2.55. The smallest absolute Gasteiger partial charge is 0.0786 e. The van der Waals surface area contributed by atoms with Crippen LogP contribution in [0.5, 0.6) is 0 Å². The fourth-order valence-electron chi connectivity index (χ4n) is 2.69. The van der Waals surface area contributed by atoms with Gasteiger partial charge in [0.1, 0.15) is 0 Å². The highest BCUT2D eigenvalue weighted by molar-refractivity contribution is 6.09. The highest BCUT2D eigenvalue weighted by atomic mass is 14.7. The number of para-hydroxylation sites is 1. The number of aromatic nitrogens is 1. The van der Waals surface area contributed by atoms with Gasteiger partial charge in [-0.1, -0.05) is 66.7 Å². The van der Waals surface area contributed by atoms with Crippen molar-refractivity contribution in [2.75, 3.05) is 0 Å². The van der Waals surface area contributed by atoms with Crippen molar-refractivity contribution >= 4 is 21.7 Å². The van der Waals surface area contributed by atoms with Crippen molar-refractivity contribution in [3.05, 3.63) is 79.0 Å². The van der Waals surface area contributed by atoms with Crippen LogP contribution in [-0.2, 0) is 0 Å². The molecule has 0 saturated heterocycles. The van der Waals surface area contributed by atoms with E-state index in [0.29, 0.717) is 0 Å². The molecule has 0 saturated carbocycles. The maximum absolute atomic E-state index is 4.68. The molecule has 1 nitrogen and oxygen atoms in total. The van der Waals surface area contributed by atoms with Gasteiger partial charge in [0.05, 0.1) is 5.52 Å². The minimum Gasteiger partial charge on any atom is -0.255 e. The molecule has 0 spiro atoms. The van der Waals surface area contributed by atoms with Crippen LogP contribution < -0.4 is 0 Å². The molecular formula is C19H12N. The van der Waals surface area contributed by atoms with E-state index in [9.17, 15) is 0 Å². The van der Waals surface area contributed by atoms with E-state index in [1.165, 1.54) is 27.3 Å². The third-order valence-electron chi connectivity index (χ3n) is 3.65. The first-order valence-electron chi connectivity index (χ1n) is 6.66. The monoisotopic (exact) mass is 254 g/mol. The van der Waals surface area contributed by atoms with Crippen LogP contribution in [0.4, 0.5) is 0 Å². The second kappa shape index (κ2) is 4.46. The van der Waals surface area contributed by atoms with Gasteiger partial charge in [0, 0.05) is 22.5 Å². The lowest BCUT2D eigenvalue weighted by Gasteiger charge is -2.08. The predicted molar refractivity (Wildman–Crippen MR) is 83.5 cm³/mol. The Morgan fingerprint density at radius 3 is 2.45 bits per heavy atom. The molecule has 1 heterocycles. The molecule has 0 aliphatic carbocycles. The zero-order chi connectivity index (χ0) is 13.4. The minimum absolute atomic E-state index is 1.05. The van der Waals surface area contributed by atoms with Crippen molar-refractivity contribution in [2.45, 2.75) is 0 Å². The van der Waals surface area contributed by atoms with Crippen LogP contribution in [0.2, 0.25) is 0 Å². The van der Waals surface area contributed by atoms with E-state index in [1.807, 2.05) is 24.4 Å². The van der Waals surface area contributed by atoms with Crippen molar-refractivity contribution in [1.29, 1.82) is 0 Å². The number of benzene rings is 3. The lowest BCUT2D eigenvalue weighted by Crippen LogP contribution is -1.86. The molecule has 20 heavy (non-hydrogen) atoms. The lowest BCUT2D eigenvalue weighted by atomic mass is 9.99. The summed E-state index contributed by atoms with van der Waals surface area (Å²) < 4.78 is 0. The highest BCUT2D eigenvalue weighted by Gasteiger charge is 2.07. The Kier molecular flexibility index (Phi) is 2.49. The van der Waals surface area contributed by atoms with Crippen LogP contribution in [0.25, 0.3) is 32.8 Å². The summed E-state index contributed by atoms with van der Waals surface area (Å²) in [6, 6.07) is 25.8. The molecule has 0 atom stereocenters. The Labute approximate surface area is 117 Å². The number of pyridine rings is 1. The Hall–Kier alpha value is -2.67. The molecule has 0 unspecified atom stereocenters. The summed E-state index contributed by atoms with van der Waals surface area (Å²) in [6.45, 7) is 0. The molecular weight excluding hydrogens is 242 g/mol. The SMILES string of the molecule is [c]1ccc(-c2cccc3c2ncc2ccccc23)cc1. The second-order valence-corrected chi connectivity index (χ2v) is 4.84. The van der Waals surface area contributed by atoms with Gasteiger partial charge in [-0.15, -0.1) is 0 Å². The molecule has 1 radical (unpaired) electrons. The van der Waals surface area contributed by atoms with Gasteiger partial charge in [-0.2, -0.15) is 0 Å². The predicted octanol–water partition coefficient (Wildman–Crippen LogP) is 4.86. The second-order valence-electron chi connectivity index (χ2n) is 4.84. The maximum atomic E-state index is 4.68. The molecule has 0 aliphatic rings. The zero-order valence-corrected chi connectivity index (χ0v) is 10.9. The Balaban J connectivity index is 2.12. The van der Waals surface area contributed by atoms with Crippen molar-refractivity contribution in [3.8, 4) is 11.1 Å². The number of hydrogen-bond acceptors (Lipinski definition) is 1. The fourth-order valence-corrected chi connectivity index (χ4v) is 2.69. The van der Waals surface area contributed by atoms with Crippen LogP contribution >= 0.6 is 0 Å². The topological polar surface area (TPSA) is 12.9 Å². The quantitative estimate of drug-likeness (QED) is 0.442. The van der Waals surface area contributed by atoms with Gasteiger partial charge in [0.25, 0.3) is 0 Å². The Morgan fingerprint density at radius 2 is 1.55 bits per heavy atom. The van der Waals surface area contributed by atoms with E-state index >= 15 is 0 Å². The fraction of sp³-hybridized carbons (Fsp3) is 0. The molecule has 0 bridgehead atoms. The lowest BCUT2D eigenvalue weighted by molar-refractivity contribution is 1.44. The molecule has 4 aromatic rings. The molecule has 3 aromatic carbocycles. The number of rotatable bonds is 1. The zero-order valence-electron chi connectivity index (χ0n) is 10.9. The Morgan fingerprint density at radius 1 is 0.750 bits per heavy atom. The van der Waals surface area contributed by atoms with Gasteiger partial charge >= 0.3 is 0 Å². The van der Waals surface area contributed by atoms with E-state index in [2.05, 4.69) is 59.6 Å². The molecule has 4 rings (SSSR count). The summed E-state index contributed by atoms with van der Waals surface area (Å²) in [6.07, 6.45) is 1.95. The number of nitrogens with zero attached hydrogens (tertiary/aromatic N) is 1. The summed E-state index contributed by atoms with van der Waals surface area (Å²) in [5.74, 6) is 0. The van der Waals surface area contributed by atoms with E-state index in [1.54, 1.807) is 0 Å². The van der Waals surface area contributed by atoms with Crippen LogP contribution in [0, 0.1) is 6.07 Å². The van der Waals surface area contributed by atoms with Crippen LogP contribution in [0.15, 0.2) is 72.9 Å². The molecule has 0 N–H and O–H groups in total. The highest BCUT2D eigenvalue weighted by Crippen LogP contribution is 2.30. The van der Waals surface area contributed by atoms with E-state index in [0.717, 1.165) is 5.52 Å². The van der Waals surface area contributed by atoms with Crippen LogP contribution in [0.1, 0.15) is 0 Å². The Bertz CT molecular complexity index is 895. The van der Waals surface area contributed by atoms with Crippen molar-refractivity contribution in [1.82, 2.24) is 4.98 Å². The summed E-state index contributed by atoms with van der Waals surface area (Å²) in [5.41, 5.74) is 3.40. The van der Waals surface area contributed by atoms with E-state index < -0.39 is 0 Å². The number of fused-ring (bicyclic) bond motifs is 3. The first-order chi connectivity index (χ1) is 9.93. The van der Waals surface area contributed by atoms with Gasteiger partial charge in [-0.05, 0) is 17.0 Å². The van der Waals surface area contributed by atoms with Crippen molar-refractivity contribution < 1.29 is 0 Å². The number of hydrogen-bond donors (Lipinski definition) is 0. The molecule has 0 fully saturated rings. The normalized spacial score (nSPS) is 11.0. The summed E-state index contributed by atoms with van der Waals surface area (Å²) >= 11 is 0. The van der Waals surface area contributed by atoms with Crippen LogP contribution in [-0.4, -0.2) is 4.98 Å². The molecule has 1 aromatic heterocycles. The third-order valence-corrected chi connectivity index (χ3v) is 3.65. The average molecular weight is 254 g/mol. The first-order valence-corrected chi connectivity index (χ1v) is 6.66. The summed E-state index contributed by atoms with van der Waals surface area (Å²) in [4.78, 5) is 4.68.